The summed E-state index contributed by atoms with van der Waals surface area (Å²) in [6.07, 6.45) is 8.37. The minimum absolute atomic E-state index is 0.229. The van der Waals surface area contributed by atoms with Gasteiger partial charge in [-0.2, -0.15) is 5.10 Å². The van der Waals surface area contributed by atoms with Gasteiger partial charge >= 0.3 is 35.8 Å². The zero-order chi connectivity index (χ0) is 38.6. The van der Waals surface area contributed by atoms with Crippen molar-refractivity contribution < 1.29 is 57.2 Å². The molecule has 0 aromatic heterocycles. The SMILES string of the molecule is C=CC(=O)OCCCCOC(=O)C1CCC(C(=O)Oc2ccc(OC(=O)C3CCC(C(=O)OCCCCOC(=O)C=C)CC3)c(/C(C)=N/NC)c2)CC1. The maximum atomic E-state index is 13.2. The molecule has 1 N–H and O–H groups in total. The molecule has 2 aliphatic carbocycles. The van der Waals surface area contributed by atoms with Gasteiger partial charge in [-0.3, -0.25) is 19.2 Å². The third-order valence-corrected chi connectivity index (χ3v) is 9.22. The van der Waals surface area contributed by atoms with Crippen molar-refractivity contribution in [2.75, 3.05) is 33.5 Å². The quantitative estimate of drug-likeness (QED) is 0.0352. The van der Waals surface area contributed by atoms with Crippen molar-refractivity contribution in [3.63, 3.8) is 0 Å². The lowest BCUT2D eigenvalue weighted by Gasteiger charge is -2.26. The standard InChI is InChI=1S/C39H52N2O12/c1-5-34(42)48-21-7-9-23-50-36(44)27-11-15-29(16-12-27)38(46)52-31-19-20-33(32(25-31)26(3)41-40-4)53-39(47)30-17-13-28(14-18-30)37(45)51-24-10-8-22-49-35(43)6-2/h5-6,19-20,25,27-30,40H,1-2,7-18,21-24H2,3-4H3/b41-26+. The number of nitrogens with zero attached hydrogens (tertiary/aromatic N) is 1. The first-order chi connectivity index (χ1) is 25.6. The summed E-state index contributed by atoms with van der Waals surface area (Å²) in [5.74, 6) is -3.22. The number of ether oxygens (including phenoxy) is 6. The molecule has 1 aromatic rings. The number of carbonyl (C=O) groups is 6. The van der Waals surface area contributed by atoms with E-state index in [1.165, 1.54) is 0 Å². The Morgan fingerprint density at radius 3 is 1.45 bits per heavy atom. The Labute approximate surface area is 310 Å². The summed E-state index contributed by atoms with van der Waals surface area (Å²) in [6, 6.07) is 4.74. The lowest BCUT2D eigenvalue weighted by molar-refractivity contribution is -0.152. The molecule has 2 saturated carbocycles. The fourth-order valence-electron chi connectivity index (χ4n) is 6.15. The van der Waals surface area contributed by atoms with Gasteiger partial charge in [-0.1, -0.05) is 13.2 Å². The lowest BCUT2D eigenvalue weighted by Crippen LogP contribution is -2.30. The fraction of sp³-hybridized carbons (Fsp3) is 0.564. The average molecular weight is 741 g/mol. The molecule has 0 heterocycles. The molecule has 2 fully saturated rings. The highest BCUT2D eigenvalue weighted by molar-refractivity contribution is 6.02. The molecule has 2 aliphatic rings. The Hall–Kier alpha value is -5.01. The molecule has 290 valence electrons. The summed E-state index contributed by atoms with van der Waals surface area (Å²) < 4.78 is 32.2. The maximum absolute atomic E-state index is 13.2. The Morgan fingerprint density at radius 1 is 0.642 bits per heavy atom. The van der Waals surface area contributed by atoms with Crippen LogP contribution in [0.1, 0.15) is 89.5 Å². The van der Waals surface area contributed by atoms with Crippen LogP contribution in [0.25, 0.3) is 0 Å². The zero-order valence-corrected chi connectivity index (χ0v) is 30.8. The third-order valence-electron chi connectivity index (χ3n) is 9.22. The Balaban J connectivity index is 1.45. The topological polar surface area (TPSA) is 182 Å². The van der Waals surface area contributed by atoms with Crippen LogP contribution in [0.2, 0.25) is 0 Å². The van der Waals surface area contributed by atoms with Gasteiger partial charge in [0.05, 0.1) is 55.8 Å². The Kier molecular flexibility index (Phi) is 18.3. The van der Waals surface area contributed by atoms with Crippen molar-refractivity contribution in [1.29, 1.82) is 0 Å². The maximum Gasteiger partial charge on any atom is 0.330 e. The van der Waals surface area contributed by atoms with E-state index in [0.717, 1.165) is 12.2 Å². The third kappa shape index (κ3) is 14.5. The summed E-state index contributed by atoms with van der Waals surface area (Å²) in [5, 5.41) is 4.23. The second-order valence-electron chi connectivity index (χ2n) is 13.0. The van der Waals surface area contributed by atoms with E-state index in [2.05, 4.69) is 23.7 Å². The summed E-state index contributed by atoms with van der Waals surface area (Å²) >= 11 is 0. The van der Waals surface area contributed by atoms with Crippen LogP contribution in [0.15, 0.2) is 48.6 Å². The van der Waals surface area contributed by atoms with Crippen LogP contribution >= 0.6 is 0 Å². The van der Waals surface area contributed by atoms with Gasteiger partial charge in [-0.15, -0.1) is 0 Å². The second kappa shape index (κ2) is 22.8. The molecule has 1 aromatic carbocycles. The van der Waals surface area contributed by atoms with Crippen molar-refractivity contribution in [3.05, 3.63) is 49.1 Å². The highest BCUT2D eigenvalue weighted by Crippen LogP contribution is 2.34. The molecule has 0 radical (unpaired) electrons. The van der Waals surface area contributed by atoms with Gasteiger partial charge in [-0.05, 0) is 102 Å². The van der Waals surface area contributed by atoms with Gasteiger partial charge < -0.3 is 33.8 Å². The molecular formula is C39H52N2O12. The van der Waals surface area contributed by atoms with Crippen molar-refractivity contribution in [2.45, 2.75) is 84.0 Å². The van der Waals surface area contributed by atoms with E-state index >= 15 is 0 Å². The van der Waals surface area contributed by atoms with E-state index in [4.69, 9.17) is 28.4 Å². The van der Waals surface area contributed by atoms with Crippen molar-refractivity contribution in [2.24, 2.45) is 28.8 Å². The molecule has 0 atom stereocenters. The lowest BCUT2D eigenvalue weighted by atomic mass is 9.82. The van der Waals surface area contributed by atoms with Gasteiger partial charge in [0.2, 0.25) is 0 Å². The summed E-state index contributed by atoms with van der Waals surface area (Å²) in [5.41, 5.74) is 3.70. The number of carbonyl (C=O) groups excluding carboxylic acids is 6. The number of hydrogen-bond acceptors (Lipinski definition) is 14. The second-order valence-corrected chi connectivity index (χ2v) is 13.0. The van der Waals surface area contributed by atoms with Crippen LogP contribution in [-0.2, 0) is 47.7 Å². The molecule has 0 unspecified atom stereocenters. The molecule has 0 amide bonds. The van der Waals surface area contributed by atoms with E-state index in [1.54, 1.807) is 32.2 Å². The predicted octanol–water partition coefficient (Wildman–Crippen LogP) is 5.16. The monoisotopic (exact) mass is 740 g/mol. The van der Waals surface area contributed by atoms with Gasteiger partial charge in [0.15, 0.2) is 0 Å². The van der Waals surface area contributed by atoms with Crippen LogP contribution in [0, 0.1) is 23.7 Å². The zero-order valence-electron chi connectivity index (χ0n) is 30.8. The first-order valence-electron chi connectivity index (χ1n) is 18.3. The minimum Gasteiger partial charge on any atom is -0.465 e. The molecule has 14 nitrogen and oxygen atoms in total. The van der Waals surface area contributed by atoms with Gasteiger partial charge in [0, 0.05) is 24.8 Å². The number of unbranched alkanes of at least 4 members (excludes halogenated alkanes) is 2. The molecule has 0 spiro atoms. The molecule has 0 bridgehead atoms. The van der Waals surface area contributed by atoms with Gasteiger partial charge in [0.25, 0.3) is 0 Å². The fourth-order valence-corrected chi connectivity index (χ4v) is 6.15. The Morgan fingerprint density at radius 2 is 1.04 bits per heavy atom. The minimum atomic E-state index is -0.488. The van der Waals surface area contributed by atoms with E-state index < -0.39 is 29.8 Å². The summed E-state index contributed by atoms with van der Waals surface area (Å²) in [7, 11) is 1.64. The van der Waals surface area contributed by atoms with Crippen LogP contribution < -0.4 is 14.9 Å². The van der Waals surface area contributed by atoms with Crippen LogP contribution in [0.4, 0.5) is 0 Å². The van der Waals surface area contributed by atoms with Crippen LogP contribution in [-0.4, -0.2) is 75.0 Å². The van der Waals surface area contributed by atoms with Crippen LogP contribution in [0.5, 0.6) is 11.5 Å². The number of hydrazone groups is 1. The molecule has 0 aliphatic heterocycles. The van der Waals surface area contributed by atoms with Crippen LogP contribution in [0.3, 0.4) is 0 Å². The highest BCUT2D eigenvalue weighted by atomic mass is 16.6. The normalized spacial score (nSPS) is 19.8. The number of hydrogen-bond donors (Lipinski definition) is 1. The van der Waals surface area contributed by atoms with Crippen molar-refractivity contribution in [1.82, 2.24) is 5.43 Å². The predicted molar refractivity (Wildman–Crippen MR) is 193 cm³/mol. The summed E-state index contributed by atoms with van der Waals surface area (Å²) in [4.78, 5) is 73.5. The van der Waals surface area contributed by atoms with E-state index in [1.807, 2.05) is 0 Å². The smallest absolute Gasteiger partial charge is 0.330 e. The summed E-state index contributed by atoms with van der Waals surface area (Å²) in [6.45, 7) is 9.33. The average Bonchev–Trinajstić information content (AvgIpc) is 3.17. The Bertz CT molecular complexity index is 1470. The highest BCUT2D eigenvalue weighted by Gasteiger charge is 2.34. The largest absolute Gasteiger partial charge is 0.465 e. The van der Waals surface area contributed by atoms with E-state index in [9.17, 15) is 28.8 Å². The first-order valence-corrected chi connectivity index (χ1v) is 18.3. The molecule has 0 saturated heterocycles. The molecule has 14 heteroatoms. The number of benzene rings is 1. The van der Waals surface area contributed by atoms with E-state index in [-0.39, 0.29) is 67.6 Å². The van der Waals surface area contributed by atoms with Crippen molar-refractivity contribution in [3.8, 4) is 11.5 Å². The molecule has 3 rings (SSSR count). The number of nitrogens with one attached hydrogen (secondary N) is 1. The van der Waals surface area contributed by atoms with Gasteiger partial charge in [0.1, 0.15) is 11.5 Å². The molecular weight excluding hydrogens is 688 g/mol. The number of rotatable bonds is 20. The van der Waals surface area contributed by atoms with Crippen molar-refractivity contribution >= 4 is 41.5 Å². The van der Waals surface area contributed by atoms with Gasteiger partial charge in [-0.25, -0.2) is 9.59 Å². The number of esters is 6. The van der Waals surface area contributed by atoms with E-state index in [0.29, 0.717) is 88.3 Å². The first kappa shape index (κ1) is 42.4. The molecule has 53 heavy (non-hydrogen) atoms.